The number of hydrogen-bond donors (Lipinski definition) is 2. The van der Waals surface area contributed by atoms with Gasteiger partial charge in [0.15, 0.2) is 0 Å². The maximum absolute atomic E-state index is 12.8. The van der Waals surface area contributed by atoms with Gasteiger partial charge in [0.05, 0.1) is 28.4 Å². The molecule has 1 aromatic heterocycles. The van der Waals surface area contributed by atoms with Crippen molar-refractivity contribution in [2.45, 2.75) is 12.5 Å². The van der Waals surface area contributed by atoms with Crippen molar-refractivity contribution in [3.63, 3.8) is 0 Å². The van der Waals surface area contributed by atoms with E-state index in [-0.39, 0.29) is 22.0 Å². The average Bonchev–Trinajstić information content (AvgIpc) is 2.93. The third kappa shape index (κ3) is 7.70. The lowest BCUT2D eigenvalue weighted by Gasteiger charge is -2.22. The van der Waals surface area contributed by atoms with Crippen LogP contribution in [0.2, 0.25) is 10.0 Å². The second kappa shape index (κ2) is 14.4. The van der Waals surface area contributed by atoms with E-state index in [0.717, 1.165) is 17.5 Å². The van der Waals surface area contributed by atoms with Crippen LogP contribution >= 0.6 is 23.2 Å². The SMILES string of the molecule is C=C[NH+]([O-])C(=O)C(C/C=C/c1ccc(N(CCOC)c2ncccn2)cc1)NC(=O)c1c(Cl)cccc1Cl. The molecule has 0 aliphatic rings. The number of hydroxylamine groups is 2. The highest BCUT2D eigenvalue weighted by Gasteiger charge is 2.27. The summed E-state index contributed by atoms with van der Waals surface area (Å²) in [4.78, 5) is 36.0. The molecule has 2 amide bonds. The molecule has 0 saturated carbocycles. The van der Waals surface area contributed by atoms with Crippen LogP contribution < -0.4 is 15.3 Å². The molecule has 38 heavy (non-hydrogen) atoms. The Morgan fingerprint density at radius 2 is 1.79 bits per heavy atom. The molecule has 1 heterocycles. The highest BCUT2D eigenvalue weighted by Crippen LogP contribution is 2.25. The Bertz CT molecular complexity index is 1250. The van der Waals surface area contributed by atoms with E-state index < -0.39 is 22.9 Å². The van der Waals surface area contributed by atoms with Gasteiger partial charge in [0.1, 0.15) is 6.04 Å². The lowest BCUT2D eigenvalue weighted by molar-refractivity contribution is -0.705. The van der Waals surface area contributed by atoms with Crippen molar-refractivity contribution < 1.29 is 19.4 Å². The van der Waals surface area contributed by atoms with Gasteiger partial charge in [-0.2, -0.15) is 0 Å². The monoisotopic (exact) mass is 555 g/mol. The van der Waals surface area contributed by atoms with Crippen LogP contribution in [0, 0.1) is 5.21 Å². The van der Waals surface area contributed by atoms with Crippen LogP contribution in [0.3, 0.4) is 0 Å². The van der Waals surface area contributed by atoms with E-state index in [1.807, 2.05) is 29.2 Å². The molecule has 3 rings (SSSR count). The molecular weight excluding hydrogens is 529 g/mol. The molecule has 0 saturated heterocycles. The van der Waals surface area contributed by atoms with E-state index >= 15 is 0 Å². The summed E-state index contributed by atoms with van der Waals surface area (Å²) < 4.78 is 5.22. The Hall–Kier alpha value is -3.60. The summed E-state index contributed by atoms with van der Waals surface area (Å²) in [6, 6.07) is 12.9. The van der Waals surface area contributed by atoms with Gasteiger partial charge in [-0.3, -0.25) is 9.86 Å². The van der Waals surface area contributed by atoms with Gasteiger partial charge in [-0.15, -0.1) is 0 Å². The van der Waals surface area contributed by atoms with Crippen molar-refractivity contribution in [1.29, 1.82) is 0 Å². The largest absolute Gasteiger partial charge is 0.622 e. The molecule has 2 N–H and O–H groups in total. The second-order valence-electron chi connectivity index (χ2n) is 7.98. The van der Waals surface area contributed by atoms with Gasteiger partial charge < -0.3 is 20.2 Å². The van der Waals surface area contributed by atoms with Crippen LogP contribution in [-0.2, 0) is 9.53 Å². The fourth-order valence-corrected chi connectivity index (χ4v) is 4.08. The Labute approximate surface area is 230 Å². The van der Waals surface area contributed by atoms with Crippen molar-refractivity contribution in [2.75, 3.05) is 25.2 Å². The fraction of sp³-hybridized carbons (Fsp3) is 0.185. The number of aromatic nitrogens is 2. The number of ether oxygens (including phenoxy) is 1. The van der Waals surface area contributed by atoms with Crippen LogP contribution in [0.15, 0.2) is 79.8 Å². The van der Waals surface area contributed by atoms with Crippen molar-refractivity contribution in [3.8, 4) is 0 Å². The maximum Gasteiger partial charge on any atom is 0.339 e. The minimum Gasteiger partial charge on any atom is -0.622 e. The van der Waals surface area contributed by atoms with Crippen molar-refractivity contribution in [2.24, 2.45) is 0 Å². The first-order chi connectivity index (χ1) is 18.3. The van der Waals surface area contributed by atoms with Gasteiger partial charge in [-0.25, -0.2) is 14.8 Å². The number of carbonyl (C=O) groups excluding carboxylic acids is 2. The third-order valence-corrected chi connectivity index (χ3v) is 6.07. The molecule has 2 atom stereocenters. The second-order valence-corrected chi connectivity index (χ2v) is 8.79. The molecule has 2 aromatic carbocycles. The number of nitrogens with zero attached hydrogens (tertiary/aromatic N) is 3. The van der Waals surface area contributed by atoms with E-state index in [2.05, 4.69) is 21.9 Å². The predicted octanol–water partition coefficient (Wildman–Crippen LogP) is 3.82. The number of quaternary nitrogens is 1. The number of halogens is 2. The third-order valence-electron chi connectivity index (χ3n) is 5.44. The quantitative estimate of drug-likeness (QED) is 0.326. The Kier molecular flexibility index (Phi) is 11.0. The normalized spacial score (nSPS) is 12.6. The van der Waals surface area contributed by atoms with Crippen molar-refractivity contribution >= 4 is 52.7 Å². The number of amides is 2. The van der Waals surface area contributed by atoms with Gasteiger partial charge in [0, 0.05) is 31.7 Å². The maximum atomic E-state index is 12.8. The van der Waals surface area contributed by atoms with Crippen molar-refractivity contribution in [1.82, 2.24) is 15.3 Å². The summed E-state index contributed by atoms with van der Waals surface area (Å²) in [7, 11) is 1.63. The lowest BCUT2D eigenvalue weighted by atomic mass is 10.1. The summed E-state index contributed by atoms with van der Waals surface area (Å²) in [5, 5.41) is 14.0. The topological polar surface area (TPSA) is 112 Å². The molecule has 0 aliphatic heterocycles. The Morgan fingerprint density at radius 1 is 1.13 bits per heavy atom. The smallest absolute Gasteiger partial charge is 0.339 e. The Balaban J connectivity index is 1.75. The number of methoxy groups -OCH3 is 1. The zero-order valence-electron chi connectivity index (χ0n) is 20.6. The van der Waals surface area contributed by atoms with E-state index in [0.29, 0.717) is 19.1 Å². The van der Waals surface area contributed by atoms with Gasteiger partial charge in [-0.05, 0) is 48.9 Å². The Morgan fingerprint density at radius 3 is 2.39 bits per heavy atom. The molecule has 0 aliphatic carbocycles. The summed E-state index contributed by atoms with van der Waals surface area (Å²) >= 11 is 12.2. The molecule has 11 heteroatoms. The number of benzene rings is 2. The van der Waals surface area contributed by atoms with Crippen LogP contribution in [0.5, 0.6) is 0 Å². The summed E-state index contributed by atoms with van der Waals surface area (Å²) in [6.07, 6.45) is 7.81. The number of anilines is 2. The number of carbonyl (C=O) groups is 2. The highest BCUT2D eigenvalue weighted by atomic mass is 35.5. The van der Waals surface area contributed by atoms with Crippen LogP contribution in [0.4, 0.5) is 11.6 Å². The van der Waals surface area contributed by atoms with Crippen LogP contribution in [-0.4, -0.2) is 48.1 Å². The molecular formula is C27H27Cl2N5O4. The van der Waals surface area contributed by atoms with Crippen LogP contribution in [0.25, 0.3) is 6.08 Å². The van der Waals surface area contributed by atoms with E-state index in [1.165, 1.54) is 12.1 Å². The first-order valence-electron chi connectivity index (χ1n) is 11.6. The molecule has 0 radical (unpaired) electrons. The minimum atomic E-state index is -1.13. The number of hydrogen-bond acceptors (Lipinski definition) is 7. The first-order valence-corrected chi connectivity index (χ1v) is 12.4. The van der Waals surface area contributed by atoms with Gasteiger partial charge in [0.2, 0.25) is 5.95 Å². The first kappa shape index (κ1) is 29.0. The zero-order chi connectivity index (χ0) is 27.5. The predicted molar refractivity (Wildman–Crippen MR) is 148 cm³/mol. The van der Waals surface area contributed by atoms with E-state index in [1.54, 1.807) is 43.8 Å². The molecule has 9 nitrogen and oxygen atoms in total. The molecule has 0 bridgehead atoms. The number of rotatable bonds is 12. The van der Waals surface area contributed by atoms with Gasteiger partial charge in [0.25, 0.3) is 5.91 Å². The average molecular weight is 556 g/mol. The lowest BCUT2D eigenvalue weighted by Crippen LogP contribution is -3.07. The van der Waals surface area contributed by atoms with Gasteiger partial charge in [-0.1, -0.05) is 53.6 Å². The summed E-state index contributed by atoms with van der Waals surface area (Å²) in [6.45, 7) is 4.41. The minimum absolute atomic E-state index is 0.0275. The summed E-state index contributed by atoms with van der Waals surface area (Å²) in [5.74, 6) is -0.906. The fourth-order valence-electron chi connectivity index (χ4n) is 3.51. The molecule has 0 spiro atoms. The van der Waals surface area contributed by atoms with Crippen molar-refractivity contribution in [3.05, 3.63) is 106 Å². The van der Waals surface area contributed by atoms with Gasteiger partial charge >= 0.3 is 5.91 Å². The molecule has 2 unspecified atom stereocenters. The van der Waals surface area contributed by atoms with E-state index in [4.69, 9.17) is 27.9 Å². The van der Waals surface area contributed by atoms with E-state index in [9.17, 15) is 14.8 Å². The number of nitrogens with one attached hydrogen (secondary N) is 2. The van der Waals surface area contributed by atoms with Crippen LogP contribution in [0.1, 0.15) is 22.3 Å². The zero-order valence-corrected chi connectivity index (χ0v) is 22.2. The standard InChI is InChI=1S/C27H27Cl2N5O4/c1-3-34(37)26(36)23(32-25(35)24-21(28)8-5-9-22(24)29)10-4-7-19-11-13-20(14-12-19)33(17-18-38-2)27-30-15-6-16-31-27/h3-9,11-16,23,34H,1,10,17-18H2,2H3,(H,32,35)/b7-4+. The summed E-state index contributed by atoms with van der Waals surface area (Å²) in [5.41, 5.74) is 1.75. The highest BCUT2D eigenvalue weighted by molar-refractivity contribution is 6.39. The molecule has 0 fully saturated rings. The molecule has 3 aromatic rings. The molecule has 198 valence electrons.